The van der Waals surface area contributed by atoms with Crippen LogP contribution in [0.25, 0.3) is 16.8 Å². The summed E-state index contributed by atoms with van der Waals surface area (Å²) in [4.78, 5) is 15.3. The number of hydrogen-bond donors (Lipinski definition) is 0. The third-order valence-corrected chi connectivity index (χ3v) is 6.41. The summed E-state index contributed by atoms with van der Waals surface area (Å²) in [5.74, 6) is -0.841. The van der Waals surface area contributed by atoms with Gasteiger partial charge in [-0.2, -0.15) is 8.78 Å². The number of anilines is 1. The molecule has 0 bridgehead atoms. The molecule has 2 aliphatic rings. The molecule has 1 aromatic carbocycles. The molecule has 0 amide bonds. The largest absolute Gasteiger partial charge is 0.434 e. The minimum atomic E-state index is -3.10. The maximum Gasteiger partial charge on any atom is 0.387 e. The lowest BCUT2D eigenvalue weighted by Crippen LogP contribution is -2.37. The third kappa shape index (κ3) is 4.46. The zero-order chi connectivity index (χ0) is 25.5. The Balaban J connectivity index is 1.42. The van der Waals surface area contributed by atoms with Crippen LogP contribution in [0.5, 0.6) is 5.75 Å². The van der Waals surface area contributed by atoms with Gasteiger partial charge in [-0.05, 0) is 18.2 Å². The van der Waals surface area contributed by atoms with Crippen LogP contribution in [-0.4, -0.2) is 58.9 Å². The van der Waals surface area contributed by atoms with E-state index >= 15 is 4.39 Å². The van der Waals surface area contributed by atoms with E-state index in [0.717, 1.165) is 18.2 Å². The van der Waals surface area contributed by atoms with Crippen LogP contribution >= 0.6 is 0 Å². The summed E-state index contributed by atoms with van der Waals surface area (Å²) in [6, 6.07) is 4.55. The highest BCUT2D eigenvalue weighted by Gasteiger charge is 2.31. The van der Waals surface area contributed by atoms with Gasteiger partial charge < -0.3 is 19.1 Å². The molecule has 0 saturated carbocycles. The predicted octanol–water partition coefficient (Wildman–Crippen LogP) is 4.17. The van der Waals surface area contributed by atoms with Crippen molar-refractivity contribution in [3.63, 3.8) is 0 Å². The van der Waals surface area contributed by atoms with Gasteiger partial charge in [-0.3, -0.25) is 4.40 Å². The van der Waals surface area contributed by atoms with Gasteiger partial charge in [0.15, 0.2) is 0 Å². The molecule has 3 aromatic heterocycles. The molecule has 5 heterocycles. The van der Waals surface area contributed by atoms with Gasteiger partial charge in [0.2, 0.25) is 5.95 Å². The van der Waals surface area contributed by atoms with Crippen LogP contribution in [0.2, 0.25) is 0 Å². The number of halogens is 4. The number of pyridine rings is 1. The van der Waals surface area contributed by atoms with Crippen molar-refractivity contribution in [1.29, 1.82) is 0 Å². The van der Waals surface area contributed by atoms with Crippen LogP contribution in [0.1, 0.15) is 23.1 Å². The van der Waals surface area contributed by atoms with Gasteiger partial charge in [-0.15, -0.1) is 0 Å². The van der Waals surface area contributed by atoms with Gasteiger partial charge >= 0.3 is 6.61 Å². The molecule has 1 fully saturated rings. The zero-order valence-electron chi connectivity index (χ0n) is 19.4. The van der Waals surface area contributed by atoms with Crippen LogP contribution in [-0.2, 0) is 15.9 Å². The number of fused-ring (bicyclic) bond motifs is 3. The van der Waals surface area contributed by atoms with Gasteiger partial charge in [-0.1, -0.05) is 0 Å². The quantitative estimate of drug-likeness (QED) is 0.370. The van der Waals surface area contributed by atoms with E-state index in [4.69, 9.17) is 9.47 Å². The predicted molar refractivity (Wildman–Crippen MR) is 124 cm³/mol. The SMILES string of the molecule is Fc1ccc(OC(F)F)c(C2OCCc3nc4cc(F)c(-c5cnc(N6CCOCC6)nc5)cn4c32)c1. The van der Waals surface area contributed by atoms with Gasteiger partial charge in [-0.25, -0.2) is 23.7 Å². The molecule has 8 nitrogen and oxygen atoms in total. The average molecular weight is 515 g/mol. The first-order valence-corrected chi connectivity index (χ1v) is 11.7. The lowest BCUT2D eigenvalue weighted by atomic mass is 10.0. The Bertz CT molecular complexity index is 1440. The van der Waals surface area contributed by atoms with E-state index in [0.29, 0.717) is 61.3 Å². The molecule has 12 heteroatoms. The lowest BCUT2D eigenvalue weighted by molar-refractivity contribution is -0.0523. The number of alkyl halides is 2. The molecule has 0 spiro atoms. The van der Waals surface area contributed by atoms with E-state index < -0.39 is 24.3 Å². The molecule has 6 rings (SSSR count). The normalized spacial score (nSPS) is 17.9. The zero-order valence-corrected chi connectivity index (χ0v) is 19.4. The fourth-order valence-corrected chi connectivity index (χ4v) is 4.71. The molecular weight excluding hydrogens is 494 g/mol. The molecule has 2 aliphatic heterocycles. The van der Waals surface area contributed by atoms with E-state index in [1.807, 2.05) is 4.90 Å². The summed E-state index contributed by atoms with van der Waals surface area (Å²) in [7, 11) is 0. The summed E-state index contributed by atoms with van der Waals surface area (Å²) in [6.07, 6.45) is 4.09. The third-order valence-electron chi connectivity index (χ3n) is 6.41. The van der Waals surface area contributed by atoms with E-state index in [1.165, 1.54) is 12.3 Å². The second-order valence-electron chi connectivity index (χ2n) is 8.64. The maximum absolute atomic E-state index is 15.2. The minimum Gasteiger partial charge on any atom is -0.434 e. The molecule has 0 N–H and O–H groups in total. The number of aromatic nitrogens is 4. The monoisotopic (exact) mass is 515 g/mol. The lowest BCUT2D eigenvalue weighted by Gasteiger charge is -2.26. The molecule has 37 heavy (non-hydrogen) atoms. The Morgan fingerprint density at radius 1 is 1.03 bits per heavy atom. The molecule has 1 saturated heterocycles. The van der Waals surface area contributed by atoms with Crippen molar-refractivity contribution in [2.75, 3.05) is 37.8 Å². The Morgan fingerprint density at radius 2 is 1.81 bits per heavy atom. The second-order valence-corrected chi connectivity index (χ2v) is 8.64. The van der Waals surface area contributed by atoms with Gasteiger partial charge in [0.05, 0.1) is 31.2 Å². The number of morpholine rings is 1. The molecule has 0 aliphatic carbocycles. The van der Waals surface area contributed by atoms with Gasteiger partial charge in [0.25, 0.3) is 0 Å². The van der Waals surface area contributed by atoms with Crippen LogP contribution in [0.15, 0.2) is 42.9 Å². The number of ether oxygens (including phenoxy) is 3. The highest BCUT2D eigenvalue weighted by molar-refractivity contribution is 5.65. The maximum atomic E-state index is 15.2. The summed E-state index contributed by atoms with van der Waals surface area (Å²) in [5.41, 5.74) is 2.14. The minimum absolute atomic E-state index is 0.0899. The van der Waals surface area contributed by atoms with E-state index in [-0.39, 0.29) is 23.5 Å². The molecule has 192 valence electrons. The van der Waals surface area contributed by atoms with Crippen molar-refractivity contribution in [2.45, 2.75) is 19.1 Å². The first-order valence-electron chi connectivity index (χ1n) is 11.7. The van der Waals surface area contributed by atoms with E-state index in [9.17, 15) is 13.2 Å². The smallest absolute Gasteiger partial charge is 0.387 e. The Hall–Kier alpha value is -3.77. The standard InChI is InChI=1S/C25H21F4N5O3/c26-15-1-2-20(37-24(28)29)16(9-15)23-22-19(3-6-36-23)32-21-10-18(27)17(13-34(21)22)14-11-30-25(31-12-14)33-4-7-35-8-5-33/h1-2,9-13,23-24H,3-8H2. The number of imidazole rings is 1. The average Bonchev–Trinajstić information content (AvgIpc) is 3.27. The highest BCUT2D eigenvalue weighted by atomic mass is 19.3. The van der Waals surface area contributed by atoms with Gasteiger partial charge in [0.1, 0.15) is 29.1 Å². The summed E-state index contributed by atoms with van der Waals surface area (Å²) in [5, 5.41) is 0. The summed E-state index contributed by atoms with van der Waals surface area (Å²) < 4.78 is 73.0. The van der Waals surface area contributed by atoms with Crippen molar-refractivity contribution < 1.29 is 31.8 Å². The Labute approximate surface area is 208 Å². The van der Waals surface area contributed by atoms with Crippen molar-refractivity contribution in [3.05, 3.63) is 71.4 Å². The number of benzene rings is 1. The highest BCUT2D eigenvalue weighted by Crippen LogP contribution is 2.39. The van der Waals surface area contributed by atoms with E-state index in [1.54, 1.807) is 16.8 Å². The molecule has 1 atom stereocenters. The van der Waals surface area contributed by atoms with Crippen molar-refractivity contribution in [2.24, 2.45) is 0 Å². The fourth-order valence-electron chi connectivity index (χ4n) is 4.71. The molecular formula is C25H21F4N5O3. The van der Waals surface area contributed by atoms with Crippen molar-refractivity contribution >= 4 is 11.6 Å². The van der Waals surface area contributed by atoms with Crippen LogP contribution in [0.3, 0.4) is 0 Å². The first kappa shape index (κ1) is 23.6. The number of rotatable bonds is 5. The fraction of sp³-hybridized carbons (Fsp3) is 0.320. The van der Waals surface area contributed by atoms with Crippen molar-refractivity contribution in [1.82, 2.24) is 19.4 Å². The van der Waals surface area contributed by atoms with E-state index in [2.05, 4.69) is 19.7 Å². The molecule has 4 aromatic rings. The first-order chi connectivity index (χ1) is 18.0. The molecule has 1 unspecified atom stereocenters. The number of nitrogens with zero attached hydrogens (tertiary/aromatic N) is 5. The Kier molecular flexibility index (Phi) is 6.13. The van der Waals surface area contributed by atoms with Crippen LogP contribution < -0.4 is 9.64 Å². The van der Waals surface area contributed by atoms with Gasteiger partial charge in [0, 0.05) is 60.9 Å². The summed E-state index contributed by atoms with van der Waals surface area (Å²) >= 11 is 0. The number of hydrogen-bond acceptors (Lipinski definition) is 7. The van der Waals surface area contributed by atoms with Crippen LogP contribution in [0, 0.1) is 11.6 Å². The van der Waals surface area contributed by atoms with Crippen molar-refractivity contribution in [3.8, 4) is 16.9 Å². The Morgan fingerprint density at radius 3 is 2.57 bits per heavy atom. The molecule has 0 radical (unpaired) electrons. The topological polar surface area (TPSA) is 74.0 Å². The summed E-state index contributed by atoms with van der Waals surface area (Å²) in [6.45, 7) is -0.380. The van der Waals surface area contributed by atoms with Crippen LogP contribution in [0.4, 0.5) is 23.5 Å². The second kappa shape index (κ2) is 9.60.